The molecular weight excluding hydrogens is 620 g/mol. The number of allylic oxidation sites excluding steroid dienone is 1. The maximum Gasteiger partial charge on any atom is 0.254 e. The van der Waals surface area contributed by atoms with Gasteiger partial charge in [-0.2, -0.15) is 0 Å². The largest absolute Gasteiger partial charge is 0.508 e. The van der Waals surface area contributed by atoms with Gasteiger partial charge in [0, 0.05) is 43.7 Å². The fraction of sp³-hybridized carbons (Fsp3) is 0.450. The number of hydrogen-bond donors (Lipinski definition) is 3. The third-order valence-corrected chi connectivity index (χ3v) is 10.6. The summed E-state index contributed by atoms with van der Waals surface area (Å²) in [6.07, 6.45) is 9.05. The van der Waals surface area contributed by atoms with Gasteiger partial charge >= 0.3 is 0 Å². The average molecular weight is 669 g/mol. The summed E-state index contributed by atoms with van der Waals surface area (Å²) in [6.45, 7) is 4.38. The number of carbonyl (C=O) groups is 1. The van der Waals surface area contributed by atoms with Crippen molar-refractivity contribution in [3.05, 3.63) is 96.1 Å². The lowest BCUT2D eigenvalue weighted by Gasteiger charge is -2.59. The number of amides is 1. The molecule has 1 aliphatic heterocycles. The number of fused-ring (bicyclic) bond motifs is 3. The van der Waals surface area contributed by atoms with Crippen LogP contribution in [0.3, 0.4) is 0 Å². The lowest BCUT2D eigenvalue weighted by molar-refractivity contribution is -0.252. The van der Waals surface area contributed by atoms with Crippen LogP contribution in [0.15, 0.2) is 90.1 Å². The Hall–Kier alpha value is -4.18. The van der Waals surface area contributed by atoms with Crippen LogP contribution >= 0.6 is 0 Å². The van der Waals surface area contributed by atoms with Crippen molar-refractivity contribution in [3.8, 4) is 11.5 Å². The Morgan fingerprint density at radius 2 is 1.80 bits per heavy atom. The van der Waals surface area contributed by atoms with E-state index in [9.17, 15) is 20.1 Å². The normalized spacial score (nSPS) is 26.3. The minimum Gasteiger partial charge on any atom is -0.508 e. The van der Waals surface area contributed by atoms with Gasteiger partial charge in [-0.15, -0.1) is 6.58 Å². The molecular formula is C40H48N2O7. The van der Waals surface area contributed by atoms with E-state index in [0.717, 1.165) is 53.3 Å². The summed E-state index contributed by atoms with van der Waals surface area (Å²) in [7, 11) is 3.33. The molecule has 1 amide bonds. The van der Waals surface area contributed by atoms with E-state index in [-0.39, 0.29) is 49.2 Å². The van der Waals surface area contributed by atoms with Crippen LogP contribution in [0.5, 0.6) is 11.5 Å². The van der Waals surface area contributed by atoms with E-state index in [2.05, 4.69) is 17.8 Å². The molecule has 3 aliphatic rings. The molecule has 9 heteroatoms. The summed E-state index contributed by atoms with van der Waals surface area (Å²) in [5, 5.41) is 36.8. The predicted octanol–water partition coefficient (Wildman–Crippen LogP) is 6.58. The van der Waals surface area contributed by atoms with Crippen molar-refractivity contribution in [1.29, 1.82) is 0 Å². The van der Waals surface area contributed by atoms with Crippen LogP contribution in [0.2, 0.25) is 0 Å². The number of rotatable bonds is 14. The molecule has 1 fully saturated rings. The van der Waals surface area contributed by atoms with Gasteiger partial charge in [0.25, 0.3) is 5.91 Å². The Labute approximate surface area is 288 Å². The van der Waals surface area contributed by atoms with E-state index in [1.807, 2.05) is 42.5 Å². The maximum absolute atomic E-state index is 14.4. The smallest absolute Gasteiger partial charge is 0.254 e. The van der Waals surface area contributed by atoms with Gasteiger partial charge in [0.2, 0.25) is 5.79 Å². The SMILES string of the molecule is C=CCO[C@@]12Oc3ccc(O)cc3[C@H]3[C@H](CCCCO)[C@@H](CCCCO)C=C(C(=NOC)C[C@@H]1N(C)C(=O)c1ccc4ccccc4c1)[C@H]32. The topological polar surface area (TPSA) is 121 Å². The standard InChI is InChI=1S/C40H48N2O7/c1-4-21-48-40-36(42(2)39(46)29-16-15-26-11-5-6-12-27(26)22-29)25-34(41-47-3)32-23-28(13-7-9-19-43)31(14-8-10-20-44)37(38(32)40)33-24-30(45)17-18-35(33)49-40/h4-6,11-12,15-18,22-24,28,31,36-38,43-45H,1,7-10,13-14,19-21,25H2,2-3H3/t28-,31+,36-,37+,38+,40+/m0/s1. The first-order chi connectivity index (χ1) is 23.9. The number of aliphatic hydroxyl groups excluding tert-OH is 2. The molecule has 1 saturated carbocycles. The number of hydrogen-bond acceptors (Lipinski definition) is 8. The summed E-state index contributed by atoms with van der Waals surface area (Å²) >= 11 is 0. The van der Waals surface area contributed by atoms with Gasteiger partial charge in [-0.05, 0) is 84.2 Å². The molecule has 3 aromatic rings. The zero-order chi connectivity index (χ0) is 34.5. The fourth-order valence-corrected chi connectivity index (χ4v) is 8.51. The van der Waals surface area contributed by atoms with Gasteiger partial charge in [0.15, 0.2) is 0 Å². The van der Waals surface area contributed by atoms with Gasteiger partial charge in [-0.25, -0.2) is 0 Å². The number of phenolic OH excluding ortho intramolecular Hbond substituents is 1. The Balaban J connectivity index is 1.53. The van der Waals surface area contributed by atoms with E-state index >= 15 is 0 Å². The number of aromatic hydroxyl groups is 1. The summed E-state index contributed by atoms with van der Waals surface area (Å²) < 4.78 is 13.9. The Kier molecular flexibility index (Phi) is 10.7. The van der Waals surface area contributed by atoms with Crippen LogP contribution in [-0.2, 0) is 9.57 Å². The van der Waals surface area contributed by atoms with Crippen molar-refractivity contribution in [2.24, 2.45) is 22.9 Å². The molecule has 49 heavy (non-hydrogen) atoms. The second-order valence-electron chi connectivity index (χ2n) is 13.5. The van der Waals surface area contributed by atoms with E-state index in [1.54, 1.807) is 36.2 Å². The highest BCUT2D eigenvalue weighted by Crippen LogP contribution is 2.61. The second kappa shape index (κ2) is 15.2. The summed E-state index contributed by atoms with van der Waals surface area (Å²) in [5.74, 6) is -1.10. The number of phenols is 1. The number of likely N-dealkylation sites (N-methyl/N-ethyl adjacent to an activating group) is 1. The van der Waals surface area contributed by atoms with Crippen molar-refractivity contribution in [2.75, 3.05) is 34.0 Å². The second-order valence-corrected chi connectivity index (χ2v) is 13.5. The van der Waals surface area contributed by atoms with Crippen molar-refractivity contribution >= 4 is 22.4 Å². The quantitative estimate of drug-likeness (QED) is 0.101. The van der Waals surface area contributed by atoms with Crippen molar-refractivity contribution in [3.63, 3.8) is 0 Å². The average Bonchev–Trinajstić information content (AvgIpc) is 3.12. The Morgan fingerprint density at radius 3 is 2.53 bits per heavy atom. The minimum atomic E-state index is -1.33. The maximum atomic E-state index is 14.4. The third-order valence-electron chi connectivity index (χ3n) is 10.6. The Bertz CT molecular complexity index is 1720. The highest BCUT2D eigenvalue weighted by atomic mass is 16.7. The van der Waals surface area contributed by atoms with Crippen LogP contribution < -0.4 is 4.74 Å². The lowest BCUT2D eigenvalue weighted by atomic mass is 9.55. The molecule has 0 radical (unpaired) electrons. The van der Waals surface area contributed by atoms with Gasteiger partial charge in [-0.3, -0.25) is 4.79 Å². The molecule has 2 aliphatic carbocycles. The van der Waals surface area contributed by atoms with Crippen molar-refractivity contribution in [2.45, 2.75) is 62.7 Å². The predicted molar refractivity (Wildman–Crippen MR) is 190 cm³/mol. The number of aliphatic hydroxyl groups is 2. The van der Waals surface area contributed by atoms with E-state index in [1.165, 1.54) is 7.11 Å². The molecule has 3 N–H and O–H groups in total. The molecule has 1 heterocycles. The summed E-state index contributed by atoms with van der Waals surface area (Å²) in [6, 6.07) is 18.3. The van der Waals surface area contributed by atoms with Crippen LogP contribution in [0.1, 0.15) is 66.8 Å². The number of oxime groups is 1. The van der Waals surface area contributed by atoms with Gasteiger partial charge < -0.3 is 34.5 Å². The molecule has 0 saturated heterocycles. The first-order valence-corrected chi connectivity index (χ1v) is 17.4. The molecule has 0 bridgehead atoms. The molecule has 0 aromatic heterocycles. The number of nitrogens with zero attached hydrogens (tertiary/aromatic N) is 2. The van der Waals surface area contributed by atoms with E-state index < -0.39 is 17.7 Å². The summed E-state index contributed by atoms with van der Waals surface area (Å²) in [4.78, 5) is 21.6. The van der Waals surface area contributed by atoms with E-state index in [0.29, 0.717) is 30.6 Å². The minimum absolute atomic E-state index is 0.0965. The zero-order valence-electron chi connectivity index (χ0n) is 28.5. The monoisotopic (exact) mass is 668 g/mol. The van der Waals surface area contributed by atoms with Gasteiger partial charge in [0.1, 0.15) is 24.7 Å². The molecule has 0 unspecified atom stereocenters. The molecule has 260 valence electrons. The van der Waals surface area contributed by atoms with Crippen LogP contribution in [-0.4, -0.2) is 77.6 Å². The number of ether oxygens (including phenoxy) is 2. The first kappa shape index (κ1) is 34.7. The van der Waals surface area contributed by atoms with Crippen LogP contribution in [0.25, 0.3) is 10.8 Å². The van der Waals surface area contributed by atoms with Crippen LogP contribution in [0.4, 0.5) is 0 Å². The zero-order valence-corrected chi connectivity index (χ0v) is 28.5. The van der Waals surface area contributed by atoms with E-state index in [4.69, 9.17) is 14.3 Å². The first-order valence-electron chi connectivity index (χ1n) is 17.4. The van der Waals surface area contributed by atoms with Crippen molar-refractivity contribution in [1.82, 2.24) is 4.90 Å². The highest BCUT2D eigenvalue weighted by molar-refractivity contribution is 6.04. The number of unbranched alkanes of at least 4 members (excludes halogenated alkanes) is 2. The number of benzene rings is 3. The summed E-state index contributed by atoms with van der Waals surface area (Å²) in [5.41, 5.74) is 3.13. The van der Waals surface area contributed by atoms with Crippen molar-refractivity contribution < 1.29 is 34.4 Å². The molecule has 3 aromatic carbocycles. The molecule has 6 rings (SSSR count). The third kappa shape index (κ3) is 6.59. The lowest BCUT2D eigenvalue weighted by Crippen LogP contribution is -2.69. The van der Waals surface area contributed by atoms with Gasteiger partial charge in [0.05, 0.1) is 18.2 Å². The number of carbonyl (C=O) groups excluding carboxylic acids is 1. The Morgan fingerprint density at radius 1 is 1.04 bits per heavy atom. The highest BCUT2D eigenvalue weighted by Gasteiger charge is 2.65. The molecule has 9 nitrogen and oxygen atoms in total. The molecule has 0 spiro atoms. The fourth-order valence-electron chi connectivity index (χ4n) is 8.51. The molecule has 6 atom stereocenters. The van der Waals surface area contributed by atoms with Crippen LogP contribution in [0, 0.1) is 17.8 Å². The van der Waals surface area contributed by atoms with Gasteiger partial charge in [-0.1, -0.05) is 60.5 Å².